The van der Waals surface area contributed by atoms with Gasteiger partial charge in [0.25, 0.3) is 0 Å². The number of aryl methyl sites for hydroxylation is 1. The van der Waals surface area contributed by atoms with E-state index in [1.54, 1.807) is 0 Å². The molecule has 0 aliphatic rings. The van der Waals surface area contributed by atoms with E-state index in [2.05, 4.69) is 33.8 Å². The lowest BCUT2D eigenvalue weighted by Gasteiger charge is -2.23. The molecule has 0 aliphatic carbocycles. The summed E-state index contributed by atoms with van der Waals surface area (Å²) in [4.78, 5) is 11.1. The van der Waals surface area contributed by atoms with Gasteiger partial charge in [0.05, 0.1) is 0 Å². The van der Waals surface area contributed by atoms with Gasteiger partial charge in [-0.15, -0.1) is 0 Å². The van der Waals surface area contributed by atoms with Gasteiger partial charge < -0.3 is 4.74 Å². The van der Waals surface area contributed by atoms with E-state index in [9.17, 15) is 4.79 Å². The molecule has 0 N–H and O–H groups in total. The van der Waals surface area contributed by atoms with Crippen LogP contribution in [0.25, 0.3) is 0 Å². The molecule has 0 aromatic heterocycles. The van der Waals surface area contributed by atoms with E-state index in [-0.39, 0.29) is 11.4 Å². The van der Waals surface area contributed by atoms with Gasteiger partial charge in [-0.05, 0) is 41.5 Å². The summed E-state index contributed by atoms with van der Waals surface area (Å²) in [5.74, 6) is 0.409. The SMILES string of the molecule is CCCCCCCc1cc(OC(C)=O)ccc1C(C)(C)C. The molecule has 0 saturated carbocycles. The Balaban J connectivity index is 2.82. The molecular formula is C19H30O2. The van der Waals surface area contributed by atoms with Crippen molar-refractivity contribution in [2.24, 2.45) is 0 Å². The van der Waals surface area contributed by atoms with Crippen molar-refractivity contribution in [2.75, 3.05) is 0 Å². The van der Waals surface area contributed by atoms with Gasteiger partial charge in [0.1, 0.15) is 5.75 Å². The molecular weight excluding hydrogens is 260 g/mol. The van der Waals surface area contributed by atoms with Gasteiger partial charge in [-0.1, -0.05) is 59.4 Å². The number of hydrogen-bond donors (Lipinski definition) is 0. The number of hydrogen-bond acceptors (Lipinski definition) is 2. The normalized spacial score (nSPS) is 11.5. The first-order chi connectivity index (χ1) is 9.84. The van der Waals surface area contributed by atoms with Crippen LogP contribution in [0.1, 0.15) is 77.8 Å². The van der Waals surface area contributed by atoms with E-state index in [4.69, 9.17) is 4.74 Å². The van der Waals surface area contributed by atoms with Gasteiger partial charge in [0.15, 0.2) is 0 Å². The second kappa shape index (κ2) is 8.21. The van der Waals surface area contributed by atoms with E-state index in [0.717, 1.165) is 6.42 Å². The zero-order valence-electron chi connectivity index (χ0n) is 14.3. The lowest BCUT2D eigenvalue weighted by Crippen LogP contribution is -2.14. The number of unbranched alkanes of at least 4 members (excludes halogenated alkanes) is 4. The molecule has 2 heteroatoms. The molecule has 0 bridgehead atoms. The maximum absolute atomic E-state index is 11.1. The highest BCUT2D eigenvalue weighted by Crippen LogP contribution is 2.30. The van der Waals surface area contributed by atoms with Crippen LogP contribution in [0.5, 0.6) is 5.75 Å². The van der Waals surface area contributed by atoms with Crippen molar-refractivity contribution in [3.05, 3.63) is 29.3 Å². The summed E-state index contributed by atoms with van der Waals surface area (Å²) in [5, 5.41) is 0. The quantitative estimate of drug-likeness (QED) is 0.380. The average molecular weight is 290 g/mol. The third-order valence-electron chi connectivity index (χ3n) is 3.70. The number of carbonyl (C=O) groups is 1. The van der Waals surface area contributed by atoms with Crippen molar-refractivity contribution in [1.82, 2.24) is 0 Å². The second-order valence-electron chi connectivity index (χ2n) is 6.83. The molecule has 0 fully saturated rings. The third-order valence-corrected chi connectivity index (χ3v) is 3.70. The Bertz CT molecular complexity index is 455. The van der Waals surface area contributed by atoms with Crippen LogP contribution < -0.4 is 4.74 Å². The van der Waals surface area contributed by atoms with E-state index in [1.807, 2.05) is 12.1 Å². The first-order valence-corrected chi connectivity index (χ1v) is 8.16. The summed E-state index contributed by atoms with van der Waals surface area (Å²) < 4.78 is 5.23. The number of rotatable bonds is 7. The highest BCUT2D eigenvalue weighted by molar-refractivity contribution is 5.69. The Morgan fingerprint density at radius 3 is 2.33 bits per heavy atom. The lowest BCUT2D eigenvalue weighted by molar-refractivity contribution is -0.131. The van der Waals surface area contributed by atoms with Crippen LogP contribution in [0.2, 0.25) is 0 Å². The molecule has 0 aliphatic heterocycles. The number of esters is 1. The number of ether oxygens (including phenoxy) is 1. The molecule has 21 heavy (non-hydrogen) atoms. The highest BCUT2D eigenvalue weighted by atomic mass is 16.5. The van der Waals surface area contributed by atoms with Crippen LogP contribution >= 0.6 is 0 Å². The van der Waals surface area contributed by atoms with E-state index >= 15 is 0 Å². The fourth-order valence-corrected chi connectivity index (χ4v) is 2.66. The van der Waals surface area contributed by atoms with Gasteiger partial charge in [0, 0.05) is 6.92 Å². The molecule has 0 saturated heterocycles. The van der Waals surface area contributed by atoms with Gasteiger partial charge in [-0.25, -0.2) is 0 Å². The minimum Gasteiger partial charge on any atom is -0.427 e. The van der Waals surface area contributed by atoms with Gasteiger partial charge in [-0.3, -0.25) is 4.79 Å². The predicted octanol–water partition coefficient (Wildman–Crippen LogP) is 5.42. The molecule has 0 amide bonds. The standard InChI is InChI=1S/C19H30O2/c1-6-7-8-9-10-11-16-14-17(21-15(2)20)12-13-18(16)19(3,4)5/h12-14H,6-11H2,1-5H3. The minimum absolute atomic E-state index is 0.119. The molecule has 118 valence electrons. The molecule has 0 atom stereocenters. The molecule has 1 aromatic carbocycles. The zero-order valence-corrected chi connectivity index (χ0v) is 14.3. The monoisotopic (exact) mass is 290 g/mol. The molecule has 0 radical (unpaired) electrons. The topological polar surface area (TPSA) is 26.3 Å². The summed E-state index contributed by atoms with van der Waals surface area (Å²) in [7, 11) is 0. The third kappa shape index (κ3) is 6.33. The van der Waals surface area contributed by atoms with Crippen LogP contribution in [0.15, 0.2) is 18.2 Å². The molecule has 0 unspecified atom stereocenters. The Labute approximate surface area is 129 Å². The van der Waals surface area contributed by atoms with Crippen LogP contribution in [0.3, 0.4) is 0 Å². The maximum Gasteiger partial charge on any atom is 0.308 e. The van der Waals surface area contributed by atoms with Crippen molar-refractivity contribution >= 4 is 5.97 Å². The van der Waals surface area contributed by atoms with Gasteiger partial charge in [0.2, 0.25) is 0 Å². The fraction of sp³-hybridized carbons (Fsp3) is 0.632. The fourth-order valence-electron chi connectivity index (χ4n) is 2.66. The average Bonchev–Trinajstić information content (AvgIpc) is 2.36. The first kappa shape index (κ1) is 17.7. The molecule has 1 aromatic rings. The number of carbonyl (C=O) groups excluding carboxylic acids is 1. The molecule has 0 spiro atoms. The van der Waals surface area contributed by atoms with Crippen LogP contribution in [0, 0.1) is 0 Å². The maximum atomic E-state index is 11.1. The largest absolute Gasteiger partial charge is 0.427 e. The van der Waals surface area contributed by atoms with Crippen molar-refractivity contribution in [3.63, 3.8) is 0 Å². The van der Waals surface area contributed by atoms with Crippen molar-refractivity contribution in [3.8, 4) is 5.75 Å². The summed E-state index contributed by atoms with van der Waals surface area (Å²) in [5.41, 5.74) is 2.79. The van der Waals surface area contributed by atoms with Crippen LogP contribution in [0.4, 0.5) is 0 Å². The highest BCUT2D eigenvalue weighted by Gasteiger charge is 2.18. The van der Waals surface area contributed by atoms with Gasteiger partial charge >= 0.3 is 5.97 Å². The van der Waals surface area contributed by atoms with E-state index in [0.29, 0.717) is 5.75 Å². The molecule has 1 rings (SSSR count). The number of benzene rings is 1. The summed E-state index contributed by atoms with van der Waals surface area (Å²) in [6, 6.07) is 6.06. The molecule has 2 nitrogen and oxygen atoms in total. The van der Waals surface area contributed by atoms with Crippen molar-refractivity contribution in [1.29, 1.82) is 0 Å². The first-order valence-electron chi connectivity index (χ1n) is 8.16. The van der Waals surface area contributed by atoms with E-state index < -0.39 is 0 Å². The van der Waals surface area contributed by atoms with E-state index in [1.165, 1.54) is 50.2 Å². The van der Waals surface area contributed by atoms with Crippen molar-refractivity contribution in [2.45, 2.75) is 78.6 Å². The van der Waals surface area contributed by atoms with Crippen LogP contribution in [-0.2, 0) is 16.6 Å². The minimum atomic E-state index is -0.257. The Morgan fingerprint density at radius 1 is 1.10 bits per heavy atom. The smallest absolute Gasteiger partial charge is 0.308 e. The summed E-state index contributed by atoms with van der Waals surface area (Å²) in [6.45, 7) is 10.4. The van der Waals surface area contributed by atoms with Crippen molar-refractivity contribution < 1.29 is 9.53 Å². The van der Waals surface area contributed by atoms with Crippen LogP contribution in [-0.4, -0.2) is 5.97 Å². The Kier molecular flexibility index (Phi) is 6.94. The predicted molar refractivity (Wildman–Crippen MR) is 88.9 cm³/mol. The molecule has 0 heterocycles. The summed E-state index contributed by atoms with van der Waals surface area (Å²) >= 11 is 0. The zero-order chi connectivity index (χ0) is 15.9. The lowest BCUT2D eigenvalue weighted by atomic mass is 9.82. The summed E-state index contributed by atoms with van der Waals surface area (Å²) in [6.07, 6.45) is 7.44. The van der Waals surface area contributed by atoms with Gasteiger partial charge in [-0.2, -0.15) is 0 Å². The Hall–Kier alpha value is -1.31. The second-order valence-corrected chi connectivity index (χ2v) is 6.83. The Morgan fingerprint density at radius 2 is 1.76 bits per heavy atom.